The minimum absolute atomic E-state index is 0.101. The van der Waals surface area contributed by atoms with E-state index in [1.165, 1.54) is 11.3 Å². The number of nitrogens with zero attached hydrogens (tertiary/aromatic N) is 2. The third-order valence-corrected chi connectivity index (χ3v) is 5.24. The van der Waals surface area contributed by atoms with E-state index in [1.54, 1.807) is 6.26 Å². The van der Waals surface area contributed by atoms with Crippen molar-refractivity contribution in [1.29, 1.82) is 0 Å². The highest BCUT2D eigenvalue weighted by Crippen LogP contribution is 2.30. The van der Waals surface area contributed by atoms with Crippen LogP contribution in [0.5, 0.6) is 0 Å². The molecule has 3 aromatic heterocycles. The van der Waals surface area contributed by atoms with Crippen LogP contribution in [-0.2, 0) is 13.1 Å². The van der Waals surface area contributed by atoms with E-state index in [0.717, 1.165) is 40.5 Å². The fourth-order valence-corrected chi connectivity index (χ4v) is 3.88. The molecule has 0 unspecified atom stereocenters. The average Bonchev–Trinajstić information content (AvgIpc) is 3.40. The Morgan fingerprint density at radius 2 is 2.08 bits per heavy atom. The number of thiophene rings is 1. The van der Waals surface area contributed by atoms with Crippen molar-refractivity contribution in [2.75, 3.05) is 0 Å². The topological polar surface area (TPSA) is 60.1 Å². The number of rotatable bonds is 6. The number of aryl methyl sites for hydroxylation is 1. The zero-order valence-corrected chi connectivity index (χ0v) is 15.3. The van der Waals surface area contributed by atoms with Gasteiger partial charge in [-0.25, -0.2) is 4.98 Å². The van der Waals surface area contributed by atoms with Crippen LogP contribution in [0.2, 0.25) is 0 Å². The van der Waals surface area contributed by atoms with Gasteiger partial charge < -0.3 is 14.3 Å². The van der Waals surface area contributed by atoms with Crippen molar-refractivity contribution in [1.82, 2.24) is 14.9 Å². The van der Waals surface area contributed by atoms with Gasteiger partial charge in [-0.1, -0.05) is 19.1 Å². The van der Waals surface area contributed by atoms with E-state index in [1.807, 2.05) is 42.5 Å². The van der Waals surface area contributed by atoms with E-state index in [-0.39, 0.29) is 5.91 Å². The molecule has 5 nitrogen and oxygen atoms in total. The molecule has 0 atom stereocenters. The molecule has 1 amide bonds. The summed E-state index contributed by atoms with van der Waals surface area (Å²) in [6, 6.07) is 15.6. The fraction of sp³-hybridized carbons (Fsp3) is 0.200. The van der Waals surface area contributed by atoms with Crippen LogP contribution in [0.25, 0.3) is 21.7 Å². The summed E-state index contributed by atoms with van der Waals surface area (Å²) in [6.07, 6.45) is 2.62. The Kier molecular flexibility index (Phi) is 4.58. The Labute approximate surface area is 155 Å². The van der Waals surface area contributed by atoms with Gasteiger partial charge in [-0.3, -0.25) is 4.79 Å². The highest BCUT2D eigenvalue weighted by molar-refractivity contribution is 7.17. The van der Waals surface area contributed by atoms with Gasteiger partial charge in [0.05, 0.1) is 33.6 Å². The maximum Gasteiger partial charge on any atom is 0.261 e. The lowest BCUT2D eigenvalue weighted by Gasteiger charge is -2.06. The van der Waals surface area contributed by atoms with Crippen molar-refractivity contribution >= 4 is 28.3 Å². The number of nitrogens with one attached hydrogen (secondary N) is 1. The van der Waals surface area contributed by atoms with Gasteiger partial charge in [0.25, 0.3) is 5.91 Å². The number of fused-ring (bicyclic) bond motifs is 1. The summed E-state index contributed by atoms with van der Waals surface area (Å²) >= 11 is 1.46. The largest absolute Gasteiger partial charge is 0.467 e. The Morgan fingerprint density at radius 1 is 1.19 bits per heavy atom. The van der Waals surface area contributed by atoms with Gasteiger partial charge in [0.15, 0.2) is 5.82 Å². The number of hydrogen-bond donors (Lipinski definition) is 1. The highest BCUT2D eigenvalue weighted by Gasteiger charge is 2.16. The molecule has 0 aliphatic heterocycles. The Hall–Kier alpha value is -2.86. The van der Waals surface area contributed by atoms with Crippen molar-refractivity contribution in [3.63, 3.8) is 0 Å². The van der Waals surface area contributed by atoms with E-state index >= 15 is 0 Å². The minimum atomic E-state index is -0.101. The van der Waals surface area contributed by atoms with E-state index in [2.05, 4.69) is 22.9 Å². The summed E-state index contributed by atoms with van der Waals surface area (Å²) in [5, 5.41) is 2.88. The predicted octanol–water partition coefficient (Wildman–Crippen LogP) is 4.70. The minimum Gasteiger partial charge on any atom is -0.467 e. The molecule has 0 saturated carbocycles. The molecule has 26 heavy (non-hydrogen) atoms. The van der Waals surface area contributed by atoms with Gasteiger partial charge in [-0.15, -0.1) is 11.3 Å². The monoisotopic (exact) mass is 365 g/mol. The summed E-state index contributed by atoms with van der Waals surface area (Å²) in [6.45, 7) is 3.43. The molecule has 1 aromatic carbocycles. The van der Waals surface area contributed by atoms with E-state index in [4.69, 9.17) is 9.40 Å². The van der Waals surface area contributed by atoms with Crippen LogP contribution in [0.4, 0.5) is 0 Å². The number of imidazole rings is 1. The smallest absolute Gasteiger partial charge is 0.261 e. The van der Waals surface area contributed by atoms with Crippen LogP contribution in [0, 0.1) is 0 Å². The van der Waals surface area contributed by atoms with Crippen molar-refractivity contribution in [2.45, 2.75) is 26.4 Å². The second-order valence-corrected chi connectivity index (χ2v) is 7.09. The molecule has 0 fully saturated rings. The van der Waals surface area contributed by atoms with Gasteiger partial charge in [-0.05, 0) is 42.8 Å². The number of hydrogen-bond acceptors (Lipinski definition) is 4. The summed E-state index contributed by atoms with van der Waals surface area (Å²) < 4.78 is 7.47. The Balaban J connectivity index is 1.60. The summed E-state index contributed by atoms with van der Waals surface area (Å²) in [7, 11) is 0. The lowest BCUT2D eigenvalue weighted by molar-refractivity contribution is 0.0952. The summed E-state index contributed by atoms with van der Waals surface area (Å²) in [5.74, 6) is 1.55. The number of para-hydroxylation sites is 2. The molecule has 0 bridgehead atoms. The van der Waals surface area contributed by atoms with E-state index in [9.17, 15) is 4.79 Å². The first-order chi connectivity index (χ1) is 12.8. The normalized spacial score (nSPS) is 11.1. The molecule has 0 aliphatic rings. The highest BCUT2D eigenvalue weighted by atomic mass is 32.1. The predicted molar refractivity (Wildman–Crippen MR) is 103 cm³/mol. The lowest BCUT2D eigenvalue weighted by atomic mass is 10.3. The number of aromatic nitrogens is 2. The zero-order valence-electron chi connectivity index (χ0n) is 14.4. The van der Waals surface area contributed by atoms with Crippen LogP contribution in [-0.4, -0.2) is 15.5 Å². The average molecular weight is 365 g/mol. The van der Waals surface area contributed by atoms with Crippen molar-refractivity contribution in [3.8, 4) is 10.7 Å². The van der Waals surface area contributed by atoms with Crippen molar-refractivity contribution in [3.05, 3.63) is 65.4 Å². The lowest BCUT2D eigenvalue weighted by Crippen LogP contribution is -2.21. The van der Waals surface area contributed by atoms with E-state index < -0.39 is 0 Å². The fourth-order valence-electron chi connectivity index (χ4n) is 2.96. The molecular weight excluding hydrogens is 346 g/mol. The summed E-state index contributed by atoms with van der Waals surface area (Å²) in [5.41, 5.74) is 2.11. The maximum atomic E-state index is 12.4. The molecule has 4 rings (SSSR count). The third-order valence-electron chi connectivity index (χ3n) is 4.16. The number of furan rings is 1. The van der Waals surface area contributed by atoms with Crippen molar-refractivity contribution in [2.24, 2.45) is 0 Å². The number of carbonyl (C=O) groups excluding carboxylic acids is 1. The standard InChI is InChI=1S/C20H19N3O2S/c1-2-11-23-16-8-4-3-7-15(16)22-19(23)17-9-10-18(26-17)20(24)21-13-14-6-5-12-25-14/h3-10,12H,2,11,13H2,1H3,(H,21,24). The number of carbonyl (C=O) groups is 1. The molecule has 132 valence electrons. The maximum absolute atomic E-state index is 12.4. The molecule has 0 radical (unpaired) electrons. The molecule has 1 N–H and O–H groups in total. The number of amides is 1. The molecule has 0 spiro atoms. The first-order valence-corrected chi connectivity index (χ1v) is 9.44. The zero-order chi connectivity index (χ0) is 17.9. The van der Waals surface area contributed by atoms with Gasteiger partial charge >= 0.3 is 0 Å². The first kappa shape index (κ1) is 16.6. The van der Waals surface area contributed by atoms with Gasteiger partial charge in [-0.2, -0.15) is 0 Å². The van der Waals surface area contributed by atoms with Crippen LogP contribution < -0.4 is 5.32 Å². The van der Waals surface area contributed by atoms with Crippen LogP contribution in [0.1, 0.15) is 28.8 Å². The Morgan fingerprint density at radius 3 is 2.88 bits per heavy atom. The third kappa shape index (κ3) is 3.15. The summed E-state index contributed by atoms with van der Waals surface area (Å²) in [4.78, 5) is 18.9. The SMILES string of the molecule is CCCn1c(-c2ccc(C(=O)NCc3ccco3)s2)nc2ccccc21. The van der Waals surface area contributed by atoms with Gasteiger partial charge in [0.1, 0.15) is 5.76 Å². The molecular formula is C20H19N3O2S. The molecule has 4 aromatic rings. The Bertz CT molecular complexity index is 1030. The van der Waals surface area contributed by atoms with Crippen molar-refractivity contribution < 1.29 is 9.21 Å². The number of benzene rings is 1. The van der Waals surface area contributed by atoms with Gasteiger partial charge in [0, 0.05) is 6.54 Å². The molecule has 3 heterocycles. The second kappa shape index (κ2) is 7.17. The first-order valence-electron chi connectivity index (χ1n) is 8.62. The quantitative estimate of drug-likeness (QED) is 0.539. The molecule has 6 heteroatoms. The van der Waals surface area contributed by atoms with Crippen LogP contribution in [0.3, 0.4) is 0 Å². The van der Waals surface area contributed by atoms with Crippen LogP contribution in [0.15, 0.2) is 59.2 Å². The van der Waals surface area contributed by atoms with Crippen LogP contribution >= 0.6 is 11.3 Å². The second-order valence-electron chi connectivity index (χ2n) is 6.00. The van der Waals surface area contributed by atoms with E-state index in [0.29, 0.717) is 11.4 Å². The van der Waals surface area contributed by atoms with Gasteiger partial charge in [0.2, 0.25) is 0 Å². The molecule has 0 aliphatic carbocycles. The molecule has 0 saturated heterocycles.